The fraction of sp³-hybridized carbons (Fsp3) is 0.158. The first kappa shape index (κ1) is 16.8. The van der Waals surface area contributed by atoms with Gasteiger partial charge in [-0.1, -0.05) is 18.2 Å². The zero-order valence-corrected chi connectivity index (χ0v) is 14.2. The van der Waals surface area contributed by atoms with E-state index in [1.165, 1.54) is 6.26 Å². The highest BCUT2D eigenvalue weighted by Crippen LogP contribution is 2.25. The molecule has 8 heteroatoms. The average Bonchev–Trinajstić information content (AvgIpc) is 3.36. The molecule has 0 spiro atoms. The van der Waals surface area contributed by atoms with E-state index >= 15 is 0 Å². The molecule has 0 bridgehead atoms. The summed E-state index contributed by atoms with van der Waals surface area (Å²) >= 11 is 0. The van der Waals surface area contributed by atoms with Crippen molar-refractivity contribution in [1.29, 1.82) is 0 Å². The monoisotopic (exact) mass is 365 g/mol. The predicted octanol–water partition coefficient (Wildman–Crippen LogP) is 2.20. The largest absolute Gasteiger partial charge is 0.463 e. The van der Waals surface area contributed by atoms with Gasteiger partial charge in [0.2, 0.25) is 0 Å². The van der Waals surface area contributed by atoms with Gasteiger partial charge in [-0.05, 0) is 24.3 Å². The Hall–Kier alpha value is -3.68. The van der Waals surface area contributed by atoms with Crippen LogP contribution >= 0.6 is 0 Å². The van der Waals surface area contributed by atoms with Crippen molar-refractivity contribution in [2.45, 2.75) is 0 Å². The molecule has 0 atom stereocenters. The number of para-hydroxylation sites is 1. The van der Waals surface area contributed by atoms with Gasteiger partial charge in [0, 0.05) is 18.5 Å². The fourth-order valence-electron chi connectivity index (χ4n) is 2.89. The normalized spacial score (nSPS) is 13.6. The second-order valence-electron chi connectivity index (χ2n) is 5.90. The van der Waals surface area contributed by atoms with Crippen molar-refractivity contribution >= 4 is 28.8 Å². The van der Waals surface area contributed by atoms with E-state index in [0.29, 0.717) is 28.9 Å². The van der Waals surface area contributed by atoms with E-state index in [1.54, 1.807) is 36.4 Å². The molecule has 3 amide bonds. The predicted molar refractivity (Wildman–Crippen MR) is 94.8 cm³/mol. The second kappa shape index (κ2) is 6.91. The lowest BCUT2D eigenvalue weighted by Gasteiger charge is -2.13. The highest BCUT2D eigenvalue weighted by Gasteiger charge is 2.27. The van der Waals surface area contributed by atoms with Crippen molar-refractivity contribution in [2.24, 2.45) is 0 Å². The Morgan fingerprint density at radius 3 is 2.81 bits per heavy atom. The summed E-state index contributed by atoms with van der Waals surface area (Å²) in [5, 5.41) is 3.13. The molecule has 1 aliphatic heterocycles. The first-order valence-corrected chi connectivity index (χ1v) is 8.32. The number of imide groups is 1. The van der Waals surface area contributed by atoms with E-state index in [1.807, 2.05) is 6.07 Å². The molecule has 3 aromatic rings. The van der Waals surface area contributed by atoms with Gasteiger partial charge in [-0.2, -0.15) is 0 Å². The number of carbonyl (C=O) groups is 3. The van der Waals surface area contributed by atoms with Gasteiger partial charge in [0.15, 0.2) is 12.4 Å². The zero-order chi connectivity index (χ0) is 18.8. The number of benzene rings is 1. The number of nitrogens with zero attached hydrogens (tertiary/aromatic N) is 2. The van der Waals surface area contributed by atoms with Crippen LogP contribution in [0.5, 0.6) is 0 Å². The molecule has 0 unspecified atom stereocenters. The fourth-order valence-corrected chi connectivity index (χ4v) is 2.89. The number of amides is 3. The van der Waals surface area contributed by atoms with E-state index in [0.717, 1.165) is 4.90 Å². The number of aromatic nitrogens is 1. The summed E-state index contributed by atoms with van der Waals surface area (Å²) in [4.78, 5) is 41.7. The summed E-state index contributed by atoms with van der Waals surface area (Å²) < 4.78 is 10.5. The van der Waals surface area contributed by atoms with Gasteiger partial charge >= 0.3 is 12.0 Å². The highest BCUT2D eigenvalue weighted by molar-refractivity contribution is 6.05. The molecule has 1 aliphatic rings. The number of esters is 1. The van der Waals surface area contributed by atoms with Crippen molar-refractivity contribution in [3.63, 3.8) is 0 Å². The molecule has 1 saturated heterocycles. The Morgan fingerprint density at radius 2 is 2.07 bits per heavy atom. The van der Waals surface area contributed by atoms with Crippen LogP contribution in [-0.2, 0) is 9.53 Å². The summed E-state index contributed by atoms with van der Waals surface area (Å²) in [5.74, 6) is -0.725. The Labute approximate surface area is 153 Å². The number of ether oxygens (including phenoxy) is 1. The third kappa shape index (κ3) is 3.24. The van der Waals surface area contributed by atoms with Crippen molar-refractivity contribution in [1.82, 2.24) is 15.2 Å². The maximum atomic E-state index is 12.6. The maximum Gasteiger partial charge on any atom is 0.339 e. The lowest BCUT2D eigenvalue weighted by atomic mass is 10.1. The highest BCUT2D eigenvalue weighted by atomic mass is 16.5. The Morgan fingerprint density at radius 1 is 1.22 bits per heavy atom. The van der Waals surface area contributed by atoms with Gasteiger partial charge in [0.25, 0.3) is 5.91 Å². The minimum absolute atomic E-state index is 0.260. The Bertz CT molecular complexity index is 1030. The smallest absolute Gasteiger partial charge is 0.339 e. The van der Waals surface area contributed by atoms with Crippen molar-refractivity contribution < 1.29 is 23.5 Å². The van der Waals surface area contributed by atoms with Crippen LogP contribution in [0.2, 0.25) is 0 Å². The van der Waals surface area contributed by atoms with Gasteiger partial charge < -0.3 is 14.5 Å². The molecule has 3 heterocycles. The topological polar surface area (TPSA) is 102 Å². The number of rotatable bonds is 4. The molecule has 0 aliphatic carbocycles. The number of nitrogens with one attached hydrogen (secondary N) is 1. The third-order valence-electron chi connectivity index (χ3n) is 4.19. The molecule has 1 fully saturated rings. The second-order valence-corrected chi connectivity index (χ2v) is 5.90. The van der Waals surface area contributed by atoms with Gasteiger partial charge in [-0.25, -0.2) is 14.6 Å². The van der Waals surface area contributed by atoms with Crippen LogP contribution in [0.25, 0.3) is 22.4 Å². The minimum Gasteiger partial charge on any atom is -0.463 e. The average molecular weight is 365 g/mol. The maximum absolute atomic E-state index is 12.6. The number of hydrogen-bond donors (Lipinski definition) is 1. The quantitative estimate of drug-likeness (QED) is 0.711. The number of urea groups is 1. The molecule has 27 heavy (non-hydrogen) atoms. The summed E-state index contributed by atoms with van der Waals surface area (Å²) in [6.45, 7) is 0.134. The molecule has 4 rings (SSSR count). The molecule has 1 N–H and O–H groups in total. The first-order chi connectivity index (χ1) is 13.1. The van der Waals surface area contributed by atoms with E-state index in [9.17, 15) is 14.4 Å². The summed E-state index contributed by atoms with van der Waals surface area (Å²) in [6, 6.07) is 11.7. The standard InChI is InChI=1S/C19H15N3O5/c23-17(22-8-7-20-19(22)25)11-27-18(24)13-10-15(16-6-3-9-26-16)21-14-5-2-1-4-12(13)14/h1-6,9-10H,7-8,11H2,(H,20,25). The van der Waals surface area contributed by atoms with Gasteiger partial charge in [0.1, 0.15) is 5.69 Å². The van der Waals surface area contributed by atoms with Crippen molar-refractivity contribution in [3.05, 3.63) is 54.3 Å². The molecule has 0 saturated carbocycles. The molecule has 136 valence electrons. The van der Waals surface area contributed by atoms with E-state index < -0.39 is 24.5 Å². The number of hydrogen-bond acceptors (Lipinski definition) is 6. The van der Waals surface area contributed by atoms with Crippen molar-refractivity contribution in [2.75, 3.05) is 19.7 Å². The number of fused-ring (bicyclic) bond motifs is 1. The van der Waals surface area contributed by atoms with Gasteiger partial charge in [0.05, 0.1) is 17.3 Å². The molecule has 8 nitrogen and oxygen atoms in total. The van der Waals surface area contributed by atoms with Crippen LogP contribution in [-0.4, -0.2) is 47.5 Å². The number of carbonyl (C=O) groups excluding carboxylic acids is 3. The summed E-state index contributed by atoms with van der Waals surface area (Å²) in [7, 11) is 0. The molecule has 0 radical (unpaired) electrons. The number of pyridine rings is 1. The Balaban J connectivity index is 1.61. The van der Waals surface area contributed by atoms with E-state index in [2.05, 4.69) is 10.3 Å². The van der Waals surface area contributed by atoms with Crippen LogP contribution in [0.15, 0.2) is 53.1 Å². The summed E-state index contributed by atoms with van der Waals surface area (Å²) in [6.07, 6.45) is 1.52. The van der Waals surface area contributed by atoms with Crippen LogP contribution in [0.3, 0.4) is 0 Å². The minimum atomic E-state index is -0.672. The molecular formula is C19H15N3O5. The molecule has 1 aromatic carbocycles. The first-order valence-electron chi connectivity index (χ1n) is 8.32. The zero-order valence-electron chi connectivity index (χ0n) is 14.2. The van der Waals surface area contributed by atoms with E-state index in [-0.39, 0.29) is 12.1 Å². The van der Waals surface area contributed by atoms with Crippen LogP contribution in [0.4, 0.5) is 4.79 Å². The number of furan rings is 1. The third-order valence-corrected chi connectivity index (χ3v) is 4.19. The van der Waals surface area contributed by atoms with Gasteiger partial charge in [-0.3, -0.25) is 9.69 Å². The Kier molecular flexibility index (Phi) is 4.29. The van der Waals surface area contributed by atoms with Crippen LogP contribution in [0, 0.1) is 0 Å². The lowest BCUT2D eigenvalue weighted by molar-refractivity contribution is -0.130. The van der Waals surface area contributed by atoms with Crippen molar-refractivity contribution in [3.8, 4) is 11.5 Å². The SMILES string of the molecule is O=C(OCC(=O)N1CCNC1=O)c1cc(-c2ccco2)nc2ccccc12. The summed E-state index contributed by atoms with van der Waals surface area (Å²) in [5.41, 5.74) is 1.35. The van der Waals surface area contributed by atoms with Crippen LogP contribution in [0.1, 0.15) is 10.4 Å². The molecular weight excluding hydrogens is 350 g/mol. The van der Waals surface area contributed by atoms with Crippen LogP contribution < -0.4 is 5.32 Å². The van der Waals surface area contributed by atoms with E-state index in [4.69, 9.17) is 9.15 Å². The molecule has 2 aromatic heterocycles. The lowest BCUT2D eigenvalue weighted by Crippen LogP contribution is -2.37. The van der Waals surface area contributed by atoms with Gasteiger partial charge in [-0.15, -0.1) is 0 Å².